The number of amides is 1. The van der Waals surface area contributed by atoms with Crippen LogP contribution in [-0.2, 0) is 0 Å². The first-order valence-corrected chi connectivity index (χ1v) is 10.2. The van der Waals surface area contributed by atoms with Gasteiger partial charge >= 0.3 is 0 Å². The highest BCUT2D eigenvalue weighted by atomic mass is 16.1. The van der Waals surface area contributed by atoms with Gasteiger partial charge in [-0.1, -0.05) is 19.3 Å². The Balaban J connectivity index is 1.40. The Hall–Kier alpha value is -1.69. The normalized spacial score (nSPS) is 27.9. The molecule has 1 aromatic rings. The number of piperidine rings is 1. The molecule has 0 bridgehead atoms. The van der Waals surface area contributed by atoms with Gasteiger partial charge in [0.1, 0.15) is 11.5 Å². The molecule has 6 nitrogen and oxygen atoms in total. The van der Waals surface area contributed by atoms with Gasteiger partial charge in [0.25, 0.3) is 5.91 Å². The van der Waals surface area contributed by atoms with Gasteiger partial charge in [0.2, 0.25) is 0 Å². The lowest BCUT2D eigenvalue weighted by molar-refractivity contribution is 0.0838. The van der Waals surface area contributed by atoms with Crippen LogP contribution in [0.2, 0.25) is 0 Å². The molecule has 4 rings (SSSR count). The molecule has 3 fully saturated rings. The number of nitrogens with zero attached hydrogens (tertiary/aromatic N) is 4. The van der Waals surface area contributed by atoms with Crippen LogP contribution in [0.3, 0.4) is 0 Å². The van der Waals surface area contributed by atoms with Gasteiger partial charge in [-0.2, -0.15) is 0 Å². The van der Waals surface area contributed by atoms with Crippen LogP contribution in [-0.4, -0.2) is 53.5 Å². The van der Waals surface area contributed by atoms with E-state index < -0.39 is 5.91 Å². The van der Waals surface area contributed by atoms with E-state index in [0.29, 0.717) is 5.41 Å². The maximum Gasteiger partial charge on any atom is 0.268 e. The maximum absolute atomic E-state index is 11.4. The quantitative estimate of drug-likeness (QED) is 0.896. The average Bonchev–Trinajstić information content (AvgIpc) is 3.06. The van der Waals surface area contributed by atoms with Gasteiger partial charge in [-0.3, -0.25) is 9.78 Å². The van der Waals surface area contributed by atoms with Crippen LogP contribution in [0.4, 0.5) is 5.82 Å². The van der Waals surface area contributed by atoms with Gasteiger partial charge in [-0.25, -0.2) is 4.98 Å². The molecule has 0 unspecified atom stereocenters. The average molecular weight is 358 g/mol. The Bertz CT molecular complexity index is 645. The number of hydrogen-bond donors (Lipinski definition) is 1. The molecule has 1 atom stereocenters. The topological polar surface area (TPSA) is 75.4 Å². The first-order chi connectivity index (χ1) is 12.6. The summed E-state index contributed by atoms with van der Waals surface area (Å²) in [4.78, 5) is 25.0. The van der Waals surface area contributed by atoms with E-state index in [1.54, 1.807) is 6.20 Å². The number of nitrogens with two attached hydrogens (primary N) is 1. The van der Waals surface area contributed by atoms with Crippen molar-refractivity contribution in [3.63, 3.8) is 0 Å². The van der Waals surface area contributed by atoms with Crippen molar-refractivity contribution in [2.24, 2.45) is 17.1 Å². The Morgan fingerprint density at radius 2 is 1.96 bits per heavy atom. The predicted molar refractivity (Wildman–Crippen MR) is 102 cm³/mol. The summed E-state index contributed by atoms with van der Waals surface area (Å²) < 4.78 is 0. The molecule has 1 spiro atoms. The van der Waals surface area contributed by atoms with Gasteiger partial charge < -0.3 is 15.5 Å². The van der Waals surface area contributed by atoms with Crippen LogP contribution in [0, 0.1) is 11.3 Å². The highest BCUT2D eigenvalue weighted by Crippen LogP contribution is 2.40. The van der Waals surface area contributed by atoms with Crippen molar-refractivity contribution in [1.82, 2.24) is 14.9 Å². The van der Waals surface area contributed by atoms with Crippen molar-refractivity contribution in [1.29, 1.82) is 0 Å². The summed E-state index contributed by atoms with van der Waals surface area (Å²) in [6.07, 6.45) is 14.1. The lowest BCUT2D eigenvalue weighted by atomic mass is 9.78. The molecule has 0 aromatic carbocycles. The summed E-state index contributed by atoms with van der Waals surface area (Å²) in [5.41, 5.74) is 5.99. The van der Waals surface area contributed by atoms with Crippen LogP contribution in [0.15, 0.2) is 12.4 Å². The molecule has 3 heterocycles. The van der Waals surface area contributed by atoms with E-state index in [1.807, 2.05) is 0 Å². The molecule has 2 saturated heterocycles. The number of aromatic nitrogens is 2. The van der Waals surface area contributed by atoms with Crippen LogP contribution < -0.4 is 10.6 Å². The minimum absolute atomic E-state index is 0.256. The Morgan fingerprint density at radius 3 is 2.77 bits per heavy atom. The molecule has 2 N–H and O–H groups in total. The number of hydrogen-bond acceptors (Lipinski definition) is 5. The van der Waals surface area contributed by atoms with E-state index in [0.717, 1.165) is 24.8 Å². The van der Waals surface area contributed by atoms with Crippen LogP contribution in [0.1, 0.15) is 61.9 Å². The van der Waals surface area contributed by atoms with E-state index in [2.05, 4.69) is 19.8 Å². The molecule has 142 valence electrons. The Kier molecular flexibility index (Phi) is 5.11. The molecule has 6 heteroatoms. The molecule has 1 amide bonds. The summed E-state index contributed by atoms with van der Waals surface area (Å²) in [6, 6.07) is 0. The van der Waals surface area contributed by atoms with E-state index in [-0.39, 0.29) is 5.69 Å². The summed E-state index contributed by atoms with van der Waals surface area (Å²) in [7, 11) is 0. The van der Waals surface area contributed by atoms with Gasteiger partial charge in [0.05, 0.1) is 12.4 Å². The lowest BCUT2D eigenvalue weighted by Crippen LogP contribution is -2.46. The monoisotopic (exact) mass is 357 g/mol. The number of likely N-dealkylation sites (tertiary alicyclic amines) is 1. The van der Waals surface area contributed by atoms with Gasteiger partial charge in [-0.15, -0.1) is 0 Å². The molecular formula is C20H31N5O. The highest BCUT2D eigenvalue weighted by Gasteiger charge is 2.42. The summed E-state index contributed by atoms with van der Waals surface area (Å²) in [6.45, 7) is 5.77. The highest BCUT2D eigenvalue weighted by molar-refractivity contribution is 5.90. The van der Waals surface area contributed by atoms with E-state index in [9.17, 15) is 4.79 Å². The third-order valence-corrected chi connectivity index (χ3v) is 6.62. The zero-order chi connectivity index (χ0) is 18.0. The molecule has 1 saturated carbocycles. The zero-order valence-corrected chi connectivity index (χ0v) is 15.7. The summed E-state index contributed by atoms with van der Waals surface area (Å²) >= 11 is 0. The molecule has 1 aliphatic carbocycles. The molecule has 3 aliphatic rings. The van der Waals surface area contributed by atoms with Crippen LogP contribution in [0.5, 0.6) is 0 Å². The predicted octanol–water partition coefficient (Wildman–Crippen LogP) is 2.45. The summed E-state index contributed by atoms with van der Waals surface area (Å²) in [5.74, 6) is 1.20. The fraction of sp³-hybridized carbons (Fsp3) is 0.750. The van der Waals surface area contributed by atoms with Gasteiger partial charge in [0.15, 0.2) is 0 Å². The van der Waals surface area contributed by atoms with Crippen molar-refractivity contribution >= 4 is 11.7 Å². The standard InChI is InChI=1S/C20H31N5O/c21-19(26)17-11-22-12-18(23-17)25-10-8-20(15-25)7-4-9-24(14-20)13-16-5-2-1-3-6-16/h11-12,16H,1-10,13-15H2,(H2,21,26)/t20-/m1/s1. The first kappa shape index (κ1) is 17.7. The van der Waals surface area contributed by atoms with Crippen molar-refractivity contribution < 1.29 is 4.79 Å². The third kappa shape index (κ3) is 3.85. The van der Waals surface area contributed by atoms with Crippen molar-refractivity contribution in [2.45, 2.75) is 51.4 Å². The van der Waals surface area contributed by atoms with Crippen LogP contribution >= 0.6 is 0 Å². The lowest BCUT2D eigenvalue weighted by Gasteiger charge is -2.42. The first-order valence-electron chi connectivity index (χ1n) is 10.2. The number of carbonyl (C=O) groups excluding carboxylic acids is 1. The fourth-order valence-corrected chi connectivity index (χ4v) is 5.29. The third-order valence-electron chi connectivity index (χ3n) is 6.62. The number of carbonyl (C=O) groups is 1. The van der Waals surface area contributed by atoms with E-state index >= 15 is 0 Å². The minimum Gasteiger partial charge on any atom is -0.364 e. The largest absolute Gasteiger partial charge is 0.364 e. The van der Waals surface area contributed by atoms with E-state index in [1.165, 1.54) is 77.2 Å². The number of anilines is 1. The van der Waals surface area contributed by atoms with E-state index in [4.69, 9.17) is 5.73 Å². The molecule has 1 aromatic heterocycles. The van der Waals surface area contributed by atoms with Gasteiger partial charge in [0, 0.05) is 31.6 Å². The second kappa shape index (κ2) is 7.51. The summed E-state index contributed by atoms with van der Waals surface area (Å²) in [5, 5.41) is 0. The second-order valence-corrected chi connectivity index (χ2v) is 8.64. The number of rotatable bonds is 4. The Morgan fingerprint density at radius 1 is 1.12 bits per heavy atom. The maximum atomic E-state index is 11.4. The fourth-order valence-electron chi connectivity index (χ4n) is 5.29. The Labute approximate surface area is 156 Å². The molecule has 0 radical (unpaired) electrons. The molecule has 2 aliphatic heterocycles. The SMILES string of the molecule is NC(=O)c1cncc(N2CC[C@@]3(CCCN(CC4CCCCC4)C3)C2)n1. The van der Waals surface area contributed by atoms with Gasteiger partial charge in [-0.05, 0) is 44.6 Å². The van der Waals surface area contributed by atoms with Crippen LogP contribution in [0.25, 0.3) is 0 Å². The molecular weight excluding hydrogens is 326 g/mol. The second-order valence-electron chi connectivity index (χ2n) is 8.64. The number of primary amides is 1. The minimum atomic E-state index is -0.510. The molecule has 26 heavy (non-hydrogen) atoms. The smallest absolute Gasteiger partial charge is 0.268 e. The van der Waals surface area contributed by atoms with Crippen molar-refractivity contribution in [3.05, 3.63) is 18.1 Å². The zero-order valence-electron chi connectivity index (χ0n) is 15.7. The van der Waals surface area contributed by atoms with Crippen molar-refractivity contribution in [3.8, 4) is 0 Å². The van der Waals surface area contributed by atoms with Crippen molar-refractivity contribution in [2.75, 3.05) is 37.6 Å².